The van der Waals surface area contributed by atoms with E-state index in [4.69, 9.17) is 5.11 Å². The molecule has 0 radical (unpaired) electrons. The van der Waals surface area contributed by atoms with Gasteiger partial charge in [-0.3, -0.25) is 9.59 Å². The summed E-state index contributed by atoms with van der Waals surface area (Å²) in [7, 11) is 0. The Hall–Kier alpha value is -4.64. The number of pyridine rings is 1. The van der Waals surface area contributed by atoms with Crippen molar-refractivity contribution in [1.29, 1.82) is 0 Å². The minimum Gasteiger partial charge on any atom is -0.481 e. The molecule has 5 aromatic rings. The van der Waals surface area contributed by atoms with Crippen molar-refractivity contribution in [2.24, 2.45) is 5.92 Å². The maximum atomic E-state index is 13.9. The highest BCUT2D eigenvalue weighted by Crippen LogP contribution is 2.30. The molecule has 5 rings (SSSR count). The van der Waals surface area contributed by atoms with E-state index in [-0.39, 0.29) is 12.2 Å². The van der Waals surface area contributed by atoms with E-state index in [1.165, 1.54) is 11.1 Å². The lowest BCUT2D eigenvalue weighted by Gasteiger charge is -2.26. The molecule has 0 aliphatic carbocycles. The van der Waals surface area contributed by atoms with Crippen molar-refractivity contribution in [1.82, 2.24) is 4.40 Å². The number of carbonyl (C=O) groups is 2. The monoisotopic (exact) mass is 544 g/mol. The molecule has 2 heterocycles. The number of rotatable bonds is 12. The zero-order valence-corrected chi connectivity index (χ0v) is 23.7. The van der Waals surface area contributed by atoms with Crippen LogP contribution in [-0.4, -0.2) is 21.3 Å². The summed E-state index contributed by atoms with van der Waals surface area (Å²) in [5, 5.41) is 9.08. The van der Waals surface area contributed by atoms with Crippen molar-refractivity contribution in [3.8, 4) is 0 Å². The maximum Gasteiger partial charge on any atom is 0.303 e. The predicted molar refractivity (Wildman–Crippen MR) is 165 cm³/mol. The molecule has 3 aromatic carbocycles. The molecular formula is C36H36N2O3. The third-order valence-electron chi connectivity index (χ3n) is 7.32. The fourth-order valence-electron chi connectivity index (χ4n) is 5.37. The van der Waals surface area contributed by atoms with Gasteiger partial charge in [0, 0.05) is 47.4 Å². The van der Waals surface area contributed by atoms with Crippen molar-refractivity contribution in [2.45, 2.75) is 46.1 Å². The smallest absolute Gasteiger partial charge is 0.303 e. The van der Waals surface area contributed by atoms with Crippen LogP contribution in [0.15, 0.2) is 109 Å². The van der Waals surface area contributed by atoms with E-state index in [9.17, 15) is 9.59 Å². The molecule has 5 heteroatoms. The minimum absolute atomic E-state index is 0.0491. The van der Waals surface area contributed by atoms with Crippen molar-refractivity contribution in [2.75, 3.05) is 4.90 Å². The highest BCUT2D eigenvalue weighted by molar-refractivity contribution is 6.14. The summed E-state index contributed by atoms with van der Waals surface area (Å²) in [5.74, 6) is -0.271. The average Bonchev–Trinajstić information content (AvgIpc) is 3.35. The van der Waals surface area contributed by atoms with E-state index in [1.54, 1.807) is 0 Å². The third-order valence-corrected chi connectivity index (χ3v) is 7.32. The number of carboxylic acids is 1. The highest BCUT2D eigenvalue weighted by Gasteiger charge is 2.19. The first-order valence-corrected chi connectivity index (χ1v) is 14.2. The van der Waals surface area contributed by atoms with Crippen LogP contribution in [0.1, 0.15) is 59.4 Å². The van der Waals surface area contributed by atoms with E-state index in [2.05, 4.69) is 61.2 Å². The number of hydrogen-bond acceptors (Lipinski definition) is 3. The Bertz CT molecular complexity index is 1640. The van der Waals surface area contributed by atoms with E-state index in [1.807, 2.05) is 71.3 Å². The highest BCUT2D eigenvalue weighted by atomic mass is 16.4. The summed E-state index contributed by atoms with van der Waals surface area (Å²) in [5.41, 5.74) is 7.52. The van der Waals surface area contributed by atoms with Crippen LogP contribution in [0, 0.1) is 5.92 Å². The number of aliphatic carboxylic acids is 1. The summed E-state index contributed by atoms with van der Waals surface area (Å²) in [6.45, 7) is 5.13. The van der Waals surface area contributed by atoms with Crippen LogP contribution in [0.5, 0.6) is 0 Å². The first kappa shape index (κ1) is 27.9. The molecule has 0 atom stereocenters. The van der Waals surface area contributed by atoms with Crippen LogP contribution in [-0.2, 0) is 24.2 Å². The van der Waals surface area contributed by atoms with Gasteiger partial charge in [0.2, 0.25) is 0 Å². The van der Waals surface area contributed by atoms with Crippen LogP contribution in [0.3, 0.4) is 0 Å². The lowest BCUT2D eigenvalue weighted by Crippen LogP contribution is -2.17. The number of ketones is 1. The molecule has 0 fully saturated rings. The number of aromatic nitrogens is 1. The SMILES string of the molecule is CC(C)Cc1ccc(N(Cc2ccccc2)c2cccc(C(=O)c3cc(CCCC(=O)O)n4ccccc34)c2)cc1. The Balaban J connectivity index is 1.49. The van der Waals surface area contributed by atoms with Gasteiger partial charge < -0.3 is 14.4 Å². The molecule has 0 bridgehead atoms. The van der Waals surface area contributed by atoms with Crippen molar-refractivity contribution >= 4 is 28.6 Å². The zero-order valence-electron chi connectivity index (χ0n) is 23.7. The second-order valence-corrected chi connectivity index (χ2v) is 11.0. The normalized spacial score (nSPS) is 11.2. The average molecular weight is 545 g/mol. The second-order valence-electron chi connectivity index (χ2n) is 11.0. The molecular weight excluding hydrogens is 508 g/mol. The number of nitrogens with zero attached hydrogens (tertiary/aromatic N) is 2. The molecule has 0 saturated carbocycles. The van der Waals surface area contributed by atoms with Crippen LogP contribution in [0.4, 0.5) is 11.4 Å². The maximum absolute atomic E-state index is 13.9. The Morgan fingerprint density at radius 3 is 2.29 bits per heavy atom. The fourth-order valence-corrected chi connectivity index (χ4v) is 5.37. The number of hydrogen-bond donors (Lipinski definition) is 1. The number of aryl methyl sites for hydroxylation is 1. The largest absolute Gasteiger partial charge is 0.481 e. The molecule has 2 aromatic heterocycles. The van der Waals surface area contributed by atoms with Gasteiger partial charge in [0.1, 0.15) is 0 Å². The number of fused-ring (bicyclic) bond motifs is 1. The predicted octanol–water partition coefficient (Wildman–Crippen LogP) is 8.11. The Kier molecular flexibility index (Phi) is 8.64. The van der Waals surface area contributed by atoms with Gasteiger partial charge in [-0.15, -0.1) is 0 Å². The number of anilines is 2. The van der Waals surface area contributed by atoms with Crippen LogP contribution in [0.2, 0.25) is 0 Å². The molecule has 0 saturated heterocycles. The summed E-state index contributed by atoms with van der Waals surface area (Å²) in [4.78, 5) is 27.2. The Morgan fingerprint density at radius 2 is 1.56 bits per heavy atom. The standard InChI is InChI=1S/C36H36N2O3/c1-26(2)22-27-17-19-30(20-18-27)38(25-28-10-4-3-5-11-28)31-13-8-12-29(23-31)36(41)33-24-32(14-9-16-35(39)40)37-21-7-6-15-34(33)37/h3-8,10-13,15,17-21,23-24,26H,9,14,16,22,25H2,1-2H3,(H,39,40). The summed E-state index contributed by atoms with van der Waals surface area (Å²) in [6.07, 6.45) is 4.17. The van der Waals surface area contributed by atoms with Crippen molar-refractivity contribution < 1.29 is 14.7 Å². The van der Waals surface area contributed by atoms with E-state index in [0.29, 0.717) is 36.4 Å². The van der Waals surface area contributed by atoms with E-state index in [0.717, 1.165) is 29.0 Å². The Morgan fingerprint density at radius 1 is 0.805 bits per heavy atom. The second kappa shape index (κ2) is 12.7. The molecule has 0 amide bonds. The van der Waals surface area contributed by atoms with Gasteiger partial charge in [-0.2, -0.15) is 0 Å². The molecule has 208 valence electrons. The first-order valence-electron chi connectivity index (χ1n) is 14.2. The van der Waals surface area contributed by atoms with E-state index < -0.39 is 5.97 Å². The first-order chi connectivity index (χ1) is 19.9. The van der Waals surface area contributed by atoms with Crippen molar-refractivity contribution in [3.05, 3.63) is 137 Å². The summed E-state index contributed by atoms with van der Waals surface area (Å²) >= 11 is 0. The van der Waals surface area contributed by atoms with Gasteiger partial charge in [-0.25, -0.2) is 0 Å². The van der Waals surface area contributed by atoms with Crippen LogP contribution < -0.4 is 4.90 Å². The Labute approximate surface area is 241 Å². The zero-order chi connectivity index (χ0) is 28.8. The quantitative estimate of drug-likeness (QED) is 0.161. The number of carboxylic acid groups (broad SMARTS) is 1. The molecule has 1 N–H and O–H groups in total. The molecule has 0 unspecified atom stereocenters. The van der Waals surface area contributed by atoms with Crippen LogP contribution >= 0.6 is 0 Å². The van der Waals surface area contributed by atoms with E-state index >= 15 is 0 Å². The molecule has 5 nitrogen and oxygen atoms in total. The molecule has 41 heavy (non-hydrogen) atoms. The number of benzene rings is 3. The minimum atomic E-state index is -0.811. The summed E-state index contributed by atoms with van der Waals surface area (Å²) < 4.78 is 2.00. The van der Waals surface area contributed by atoms with Gasteiger partial charge in [0.25, 0.3) is 0 Å². The molecule has 0 aliphatic rings. The van der Waals surface area contributed by atoms with Gasteiger partial charge in [-0.1, -0.05) is 74.5 Å². The summed E-state index contributed by atoms with van der Waals surface area (Å²) in [6, 6.07) is 34.6. The molecule has 0 aliphatic heterocycles. The number of carbonyl (C=O) groups excluding carboxylic acids is 1. The van der Waals surface area contributed by atoms with Gasteiger partial charge in [-0.05, 0) is 78.8 Å². The lowest BCUT2D eigenvalue weighted by atomic mass is 10.0. The van der Waals surface area contributed by atoms with Gasteiger partial charge >= 0.3 is 5.97 Å². The van der Waals surface area contributed by atoms with Gasteiger partial charge in [0.05, 0.1) is 5.52 Å². The molecule has 0 spiro atoms. The topological polar surface area (TPSA) is 62.0 Å². The van der Waals surface area contributed by atoms with Crippen LogP contribution in [0.25, 0.3) is 5.52 Å². The third kappa shape index (κ3) is 6.75. The van der Waals surface area contributed by atoms with Gasteiger partial charge in [0.15, 0.2) is 5.78 Å². The van der Waals surface area contributed by atoms with Crippen molar-refractivity contribution in [3.63, 3.8) is 0 Å². The lowest BCUT2D eigenvalue weighted by molar-refractivity contribution is -0.137. The fraction of sp³-hybridized carbons (Fsp3) is 0.222.